The smallest absolute Gasteiger partial charge is 0.113 e. The van der Waals surface area contributed by atoms with E-state index in [1.165, 1.54) is 0 Å². The van der Waals surface area contributed by atoms with E-state index >= 15 is 0 Å². The van der Waals surface area contributed by atoms with Gasteiger partial charge in [0.2, 0.25) is 0 Å². The van der Waals surface area contributed by atoms with Crippen LogP contribution in [0.1, 0.15) is 39.5 Å². The number of halogens is 1. The van der Waals surface area contributed by atoms with E-state index in [1.807, 2.05) is 0 Å². The predicted molar refractivity (Wildman–Crippen MR) is 50.1 cm³/mol. The third-order valence-electron chi connectivity index (χ3n) is 2.90. The highest BCUT2D eigenvalue weighted by Crippen LogP contribution is 2.30. The third-order valence-corrected chi connectivity index (χ3v) is 2.90. The molecule has 0 unspecified atom stereocenters. The molecule has 0 aromatic carbocycles. The molecule has 72 valence electrons. The Morgan fingerprint density at radius 1 is 1.25 bits per heavy atom. The molecule has 1 nitrogen and oxygen atoms in total. The summed E-state index contributed by atoms with van der Waals surface area (Å²) in [6.07, 6.45) is 3.22. The van der Waals surface area contributed by atoms with Crippen molar-refractivity contribution in [1.82, 2.24) is 4.90 Å². The summed E-state index contributed by atoms with van der Waals surface area (Å²) in [7, 11) is 0. The second kappa shape index (κ2) is 4.22. The molecule has 0 aromatic heterocycles. The topological polar surface area (TPSA) is 3.24 Å². The number of hydrogen-bond donors (Lipinski definition) is 0. The van der Waals surface area contributed by atoms with Crippen LogP contribution >= 0.6 is 0 Å². The van der Waals surface area contributed by atoms with Gasteiger partial charge < -0.3 is 4.90 Å². The van der Waals surface area contributed by atoms with Crippen LogP contribution in [-0.4, -0.2) is 30.2 Å². The SMILES string of the molecule is CCCC1(F)CCN(CC)CC1. The fourth-order valence-electron chi connectivity index (χ4n) is 1.97. The lowest BCUT2D eigenvalue weighted by Gasteiger charge is -2.35. The van der Waals surface area contributed by atoms with Gasteiger partial charge in [0.05, 0.1) is 0 Å². The minimum Gasteiger partial charge on any atom is -0.303 e. The van der Waals surface area contributed by atoms with E-state index in [2.05, 4.69) is 18.7 Å². The highest BCUT2D eigenvalue weighted by Gasteiger charge is 2.32. The van der Waals surface area contributed by atoms with Gasteiger partial charge in [-0.3, -0.25) is 0 Å². The third kappa shape index (κ3) is 2.44. The quantitative estimate of drug-likeness (QED) is 0.634. The van der Waals surface area contributed by atoms with Gasteiger partial charge in [-0.05, 0) is 25.8 Å². The lowest BCUT2D eigenvalue weighted by molar-refractivity contribution is 0.0526. The number of likely N-dealkylation sites (tertiary alicyclic amines) is 1. The Labute approximate surface area is 74.9 Å². The van der Waals surface area contributed by atoms with E-state index in [-0.39, 0.29) is 0 Å². The van der Waals surface area contributed by atoms with Crippen molar-refractivity contribution < 1.29 is 4.39 Å². The Balaban J connectivity index is 2.33. The molecule has 0 amide bonds. The van der Waals surface area contributed by atoms with E-state index in [9.17, 15) is 4.39 Å². The standard InChI is InChI=1S/C10H20FN/c1-3-5-10(11)6-8-12(4-2)9-7-10/h3-9H2,1-2H3. The van der Waals surface area contributed by atoms with Crippen molar-refractivity contribution in [2.75, 3.05) is 19.6 Å². The summed E-state index contributed by atoms with van der Waals surface area (Å²) < 4.78 is 13.9. The van der Waals surface area contributed by atoms with E-state index in [4.69, 9.17) is 0 Å². The zero-order valence-corrected chi connectivity index (χ0v) is 8.27. The van der Waals surface area contributed by atoms with Crippen LogP contribution in [0.15, 0.2) is 0 Å². The number of piperidine rings is 1. The van der Waals surface area contributed by atoms with Gasteiger partial charge in [0.25, 0.3) is 0 Å². The van der Waals surface area contributed by atoms with E-state index < -0.39 is 5.67 Å². The molecule has 2 heteroatoms. The Morgan fingerprint density at radius 3 is 2.25 bits per heavy atom. The van der Waals surface area contributed by atoms with Gasteiger partial charge in [-0.25, -0.2) is 4.39 Å². The van der Waals surface area contributed by atoms with Crippen molar-refractivity contribution >= 4 is 0 Å². The molecule has 1 heterocycles. The van der Waals surface area contributed by atoms with Crippen LogP contribution < -0.4 is 0 Å². The van der Waals surface area contributed by atoms with E-state index in [1.54, 1.807) is 0 Å². The van der Waals surface area contributed by atoms with E-state index in [0.717, 1.165) is 45.3 Å². The summed E-state index contributed by atoms with van der Waals surface area (Å²) in [6.45, 7) is 7.18. The first-order valence-corrected chi connectivity index (χ1v) is 5.11. The van der Waals surface area contributed by atoms with Crippen LogP contribution in [-0.2, 0) is 0 Å². The molecule has 0 aromatic rings. The lowest BCUT2D eigenvalue weighted by Crippen LogP contribution is -2.41. The summed E-state index contributed by atoms with van der Waals surface area (Å²) in [6, 6.07) is 0. The van der Waals surface area contributed by atoms with Gasteiger partial charge in [0, 0.05) is 13.1 Å². The fraction of sp³-hybridized carbons (Fsp3) is 1.00. The predicted octanol–water partition coefficient (Wildman–Crippen LogP) is 2.61. The maximum Gasteiger partial charge on any atom is 0.113 e. The average Bonchev–Trinajstić information content (AvgIpc) is 2.06. The molecule has 0 saturated carbocycles. The van der Waals surface area contributed by atoms with Gasteiger partial charge in [-0.2, -0.15) is 0 Å². The summed E-state index contributed by atoms with van der Waals surface area (Å²) >= 11 is 0. The molecule has 1 aliphatic rings. The van der Waals surface area contributed by atoms with Crippen LogP contribution in [0.3, 0.4) is 0 Å². The second-order valence-electron chi connectivity index (χ2n) is 3.84. The molecular formula is C10H20FN. The number of nitrogens with zero attached hydrogens (tertiary/aromatic N) is 1. The van der Waals surface area contributed by atoms with Crippen LogP contribution in [0.2, 0.25) is 0 Å². The first-order valence-electron chi connectivity index (χ1n) is 5.11. The van der Waals surface area contributed by atoms with Crippen LogP contribution in [0.5, 0.6) is 0 Å². The van der Waals surface area contributed by atoms with Gasteiger partial charge in [-0.15, -0.1) is 0 Å². The molecule has 1 saturated heterocycles. The van der Waals surface area contributed by atoms with Crippen molar-refractivity contribution in [3.05, 3.63) is 0 Å². The van der Waals surface area contributed by atoms with Gasteiger partial charge in [0.15, 0.2) is 0 Å². The Hall–Kier alpha value is -0.110. The molecule has 0 radical (unpaired) electrons. The zero-order chi connectivity index (χ0) is 9.03. The zero-order valence-electron chi connectivity index (χ0n) is 8.27. The molecule has 0 bridgehead atoms. The summed E-state index contributed by atoms with van der Waals surface area (Å²) in [5.74, 6) is 0. The van der Waals surface area contributed by atoms with Crippen LogP contribution in [0, 0.1) is 0 Å². The maximum atomic E-state index is 13.9. The minimum absolute atomic E-state index is 0.745. The van der Waals surface area contributed by atoms with Crippen LogP contribution in [0.4, 0.5) is 4.39 Å². The summed E-state index contributed by atoms with van der Waals surface area (Å²) in [5.41, 5.74) is -0.833. The first-order chi connectivity index (χ1) is 5.70. The normalized spacial score (nSPS) is 24.2. The highest BCUT2D eigenvalue weighted by molar-refractivity contribution is 4.85. The number of rotatable bonds is 3. The molecule has 12 heavy (non-hydrogen) atoms. The van der Waals surface area contributed by atoms with E-state index in [0.29, 0.717) is 0 Å². The molecule has 0 atom stereocenters. The Kier molecular flexibility index (Phi) is 3.51. The lowest BCUT2D eigenvalue weighted by atomic mass is 9.89. The van der Waals surface area contributed by atoms with Crippen molar-refractivity contribution in [2.24, 2.45) is 0 Å². The van der Waals surface area contributed by atoms with Gasteiger partial charge in [0.1, 0.15) is 5.67 Å². The molecule has 1 rings (SSSR count). The molecule has 0 spiro atoms. The molecular weight excluding hydrogens is 153 g/mol. The number of hydrogen-bond acceptors (Lipinski definition) is 1. The second-order valence-corrected chi connectivity index (χ2v) is 3.84. The van der Waals surface area contributed by atoms with Gasteiger partial charge in [-0.1, -0.05) is 20.3 Å². The monoisotopic (exact) mass is 173 g/mol. The Bertz CT molecular complexity index is 128. The maximum absolute atomic E-state index is 13.9. The van der Waals surface area contributed by atoms with Crippen molar-refractivity contribution in [2.45, 2.75) is 45.2 Å². The van der Waals surface area contributed by atoms with Crippen molar-refractivity contribution in [3.63, 3.8) is 0 Å². The van der Waals surface area contributed by atoms with Crippen LogP contribution in [0.25, 0.3) is 0 Å². The number of alkyl halides is 1. The molecule has 0 aliphatic carbocycles. The summed E-state index contributed by atoms with van der Waals surface area (Å²) in [4.78, 5) is 2.33. The van der Waals surface area contributed by atoms with Gasteiger partial charge >= 0.3 is 0 Å². The Morgan fingerprint density at radius 2 is 1.83 bits per heavy atom. The van der Waals surface area contributed by atoms with Crippen molar-refractivity contribution in [1.29, 1.82) is 0 Å². The molecule has 0 N–H and O–H groups in total. The fourth-order valence-corrected chi connectivity index (χ4v) is 1.97. The first kappa shape index (κ1) is 9.97. The van der Waals surface area contributed by atoms with Crippen molar-refractivity contribution in [3.8, 4) is 0 Å². The minimum atomic E-state index is -0.833. The molecule has 1 aliphatic heterocycles. The summed E-state index contributed by atoms with van der Waals surface area (Å²) in [5, 5.41) is 0. The highest BCUT2D eigenvalue weighted by atomic mass is 19.1. The average molecular weight is 173 g/mol. The largest absolute Gasteiger partial charge is 0.303 e. The molecule has 1 fully saturated rings.